The van der Waals surface area contributed by atoms with Crippen molar-refractivity contribution in [1.82, 2.24) is 4.90 Å². The summed E-state index contributed by atoms with van der Waals surface area (Å²) in [5, 5.41) is 0.983. The molecule has 3 rings (SSSR count). The first-order valence-corrected chi connectivity index (χ1v) is 8.00. The fourth-order valence-electron chi connectivity index (χ4n) is 2.93. The molecule has 0 aliphatic heterocycles. The van der Waals surface area contributed by atoms with Gasteiger partial charge in [-0.2, -0.15) is 0 Å². The van der Waals surface area contributed by atoms with Crippen LogP contribution in [0.3, 0.4) is 0 Å². The lowest BCUT2D eigenvalue weighted by atomic mass is 10.1. The maximum absolute atomic E-state index is 11.8. The van der Waals surface area contributed by atoms with Gasteiger partial charge in [-0.15, -0.1) is 0 Å². The van der Waals surface area contributed by atoms with Crippen LogP contribution in [0.25, 0.3) is 11.0 Å². The molecule has 112 valence electrons. The van der Waals surface area contributed by atoms with Gasteiger partial charge in [0.15, 0.2) is 0 Å². The van der Waals surface area contributed by atoms with Crippen LogP contribution >= 0.6 is 15.9 Å². The first-order chi connectivity index (χ1) is 10.1. The quantitative estimate of drug-likeness (QED) is 0.842. The molecular formula is C16H19BrN2O2. The Bertz CT molecular complexity index is 709. The predicted octanol–water partition coefficient (Wildman–Crippen LogP) is 2.72. The first kappa shape index (κ1) is 14.8. The van der Waals surface area contributed by atoms with E-state index in [1.807, 2.05) is 18.2 Å². The van der Waals surface area contributed by atoms with E-state index >= 15 is 0 Å². The highest BCUT2D eigenvalue weighted by molar-refractivity contribution is 9.10. The van der Waals surface area contributed by atoms with Gasteiger partial charge in [-0.3, -0.25) is 4.90 Å². The highest BCUT2D eigenvalue weighted by atomic mass is 79.9. The molecule has 1 unspecified atom stereocenters. The van der Waals surface area contributed by atoms with Crippen molar-refractivity contribution in [2.45, 2.75) is 25.4 Å². The number of rotatable bonds is 5. The fraction of sp³-hybridized carbons (Fsp3) is 0.438. The second-order valence-corrected chi connectivity index (χ2v) is 6.70. The topological polar surface area (TPSA) is 59.5 Å². The highest BCUT2D eigenvalue weighted by Crippen LogP contribution is 2.35. The Labute approximate surface area is 132 Å². The van der Waals surface area contributed by atoms with Gasteiger partial charge >= 0.3 is 5.63 Å². The van der Waals surface area contributed by atoms with Crippen molar-refractivity contribution in [3.8, 4) is 0 Å². The van der Waals surface area contributed by atoms with Crippen LogP contribution in [0.15, 0.2) is 37.9 Å². The van der Waals surface area contributed by atoms with Crippen molar-refractivity contribution in [1.29, 1.82) is 0 Å². The van der Waals surface area contributed by atoms with Crippen LogP contribution < -0.4 is 11.4 Å². The van der Waals surface area contributed by atoms with Crippen molar-refractivity contribution in [3.63, 3.8) is 0 Å². The maximum Gasteiger partial charge on any atom is 0.336 e. The number of benzene rings is 1. The molecule has 5 heteroatoms. The zero-order valence-electron chi connectivity index (χ0n) is 12.0. The van der Waals surface area contributed by atoms with Gasteiger partial charge in [0, 0.05) is 35.1 Å². The second kappa shape index (κ2) is 5.91. The molecule has 0 saturated heterocycles. The molecule has 1 aliphatic carbocycles. The van der Waals surface area contributed by atoms with Crippen molar-refractivity contribution >= 4 is 26.9 Å². The third kappa shape index (κ3) is 3.20. The Morgan fingerprint density at radius 1 is 1.43 bits per heavy atom. The summed E-state index contributed by atoms with van der Waals surface area (Å²) in [6, 6.07) is 7.77. The van der Waals surface area contributed by atoms with Crippen LogP contribution in [0.1, 0.15) is 18.4 Å². The van der Waals surface area contributed by atoms with Crippen LogP contribution in [-0.2, 0) is 6.54 Å². The molecule has 0 radical (unpaired) electrons. The second-order valence-electron chi connectivity index (χ2n) is 5.79. The van der Waals surface area contributed by atoms with Gasteiger partial charge in [0.2, 0.25) is 0 Å². The average Bonchev–Trinajstić information content (AvgIpc) is 3.23. The molecule has 0 spiro atoms. The third-order valence-electron chi connectivity index (χ3n) is 4.19. The van der Waals surface area contributed by atoms with E-state index in [-0.39, 0.29) is 5.63 Å². The number of hydrogen-bond acceptors (Lipinski definition) is 4. The molecule has 1 aliphatic rings. The number of nitrogens with zero attached hydrogens (tertiary/aromatic N) is 1. The van der Waals surface area contributed by atoms with E-state index in [9.17, 15) is 4.79 Å². The van der Waals surface area contributed by atoms with Gasteiger partial charge < -0.3 is 10.2 Å². The van der Waals surface area contributed by atoms with E-state index in [0.717, 1.165) is 15.4 Å². The molecule has 1 heterocycles. The maximum atomic E-state index is 11.8. The van der Waals surface area contributed by atoms with Gasteiger partial charge in [0.25, 0.3) is 0 Å². The summed E-state index contributed by atoms with van der Waals surface area (Å²) in [5.41, 5.74) is 7.21. The summed E-state index contributed by atoms with van der Waals surface area (Å²) in [7, 11) is 2.08. The summed E-state index contributed by atoms with van der Waals surface area (Å²) in [6.07, 6.45) is 2.52. The summed E-state index contributed by atoms with van der Waals surface area (Å²) in [6.45, 7) is 1.37. The van der Waals surface area contributed by atoms with Gasteiger partial charge in [0.1, 0.15) is 5.58 Å². The Kier molecular flexibility index (Phi) is 4.15. The summed E-state index contributed by atoms with van der Waals surface area (Å²) >= 11 is 3.41. The molecule has 1 atom stereocenters. The van der Waals surface area contributed by atoms with Gasteiger partial charge in [0.05, 0.1) is 0 Å². The normalized spacial score (nSPS) is 16.6. The molecule has 1 aromatic heterocycles. The van der Waals surface area contributed by atoms with E-state index < -0.39 is 0 Å². The lowest BCUT2D eigenvalue weighted by Gasteiger charge is -2.27. The molecule has 21 heavy (non-hydrogen) atoms. The molecule has 2 N–H and O–H groups in total. The molecule has 2 aromatic rings. The molecule has 4 nitrogen and oxygen atoms in total. The highest BCUT2D eigenvalue weighted by Gasteiger charge is 2.32. The monoisotopic (exact) mass is 350 g/mol. The van der Waals surface area contributed by atoms with Crippen molar-refractivity contribution < 1.29 is 4.42 Å². The molecule has 0 amide bonds. The summed E-state index contributed by atoms with van der Waals surface area (Å²) < 4.78 is 6.19. The number of nitrogens with two attached hydrogens (primary N) is 1. The van der Waals surface area contributed by atoms with Crippen LogP contribution in [0, 0.1) is 5.92 Å². The third-order valence-corrected chi connectivity index (χ3v) is 4.68. The zero-order valence-corrected chi connectivity index (χ0v) is 13.6. The van der Waals surface area contributed by atoms with Crippen LogP contribution in [0.2, 0.25) is 0 Å². The first-order valence-electron chi connectivity index (χ1n) is 7.21. The van der Waals surface area contributed by atoms with Gasteiger partial charge in [-0.05, 0) is 49.6 Å². The minimum atomic E-state index is -0.306. The molecule has 1 aromatic carbocycles. The Hall–Kier alpha value is -1.17. The lowest BCUT2D eigenvalue weighted by Crippen LogP contribution is -2.39. The minimum absolute atomic E-state index is 0.306. The van der Waals surface area contributed by atoms with E-state index in [1.54, 1.807) is 6.07 Å². The molecular weight excluding hydrogens is 332 g/mol. The van der Waals surface area contributed by atoms with E-state index in [4.69, 9.17) is 10.2 Å². The number of likely N-dealkylation sites (N-methyl/N-ethyl adjacent to an activating group) is 1. The summed E-state index contributed by atoms with van der Waals surface area (Å²) in [5.74, 6) is 0.709. The Balaban J connectivity index is 1.94. The largest absolute Gasteiger partial charge is 0.423 e. The Morgan fingerprint density at radius 3 is 2.86 bits per heavy atom. The van der Waals surface area contributed by atoms with Crippen molar-refractivity contribution in [2.75, 3.05) is 13.6 Å². The number of halogens is 1. The zero-order chi connectivity index (χ0) is 15.0. The van der Waals surface area contributed by atoms with Crippen LogP contribution in [-0.4, -0.2) is 24.5 Å². The van der Waals surface area contributed by atoms with E-state index in [1.165, 1.54) is 12.8 Å². The fourth-order valence-corrected chi connectivity index (χ4v) is 3.27. The number of hydrogen-bond donors (Lipinski definition) is 1. The number of fused-ring (bicyclic) bond motifs is 1. The van der Waals surface area contributed by atoms with Gasteiger partial charge in [-0.25, -0.2) is 4.79 Å². The van der Waals surface area contributed by atoms with Crippen LogP contribution in [0.5, 0.6) is 0 Å². The molecule has 1 saturated carbocycles. The van der Waals surface area contributed by atoms with Gasteiger partial charge in [-0.1, -0.05) is 15.9 Å². The molecule has 0 bridgehead atoms. The van der Waals surface area contributed by atoms with E-state index in [0.29, 0.717) is 30.6 Å². The lowest BCUT2D eigenvalue weighted by molar-refractivity contribution is 0.216. The van der Waals surface area contributed by atoms with Crippen LogP contribution in [0.4, 0.5) is 0 Å². The Morgan fingerprint density at radius 2 is 2.19 bits per heavy atom. The van der Waals surface area contributed by atoms with E-state index in [2.05, 4.69) is 27.9 Å². The smallest absolute Gasteiger partial charge is 0.336 e. The SMILES string of the molecule is CN(Cc1cc(=O)oc2cc(Br)ccc12)C(CN)C1CC1. The average molecular weight is 351 g/mol. The van der Waals surface area contributed by atoms with Crippen molar-refractivity contribution in [2.24, 2.45) is 11.7 Å². The standard InChI is InChI=1S/C16H19BrN2O2/c1-19(14(8-18)10-2-3-10)9-11-6-16(20)21-15-7-12(17)4-5-13(11)15/h4-7,10,14H,2-3,8-9,18H2,1H3. The minimum Gasteiger partial charge on any atom is -0.423 e. The molecule has 1 fully saturated rings. The van der Waals surface area contributed by atoms with Crippen molar-refractivity contribution in [3.05, 3.63) is 44.7 Å². The predicted molar refractivity (Wildman–Crippen MR) is 87.2 cm³/mol. The summed E-state index contributed by atoms with van der Waals surface area (Å²) in [4.78, 5) is 14.0.